The molecule has 61 heavy (non-hydrogen) atoms. The van der Waals surface area contributed by atoms with E-state index < -0.39 is 70.9 Å². The third-order valence-corrected chi connectivity index (χ3v) is 10.5. The molecule has 1 saturated heterocycles. The molecule has 3 heterocycles. The first-order valence-corrected chi connectivity index (χ1v) is 20.1. The van der Waals surface area contributed by atoms with Gasteiger partial charge in [0, 0.05) is 30.9 Å². The van der Waals surface area contributed by atoms with Gasteiger partial charge in [0.15, 0.2) is 5.03 Å². The summed E-state index contributed by atoms with van der Waals surface area (Å²) in [6, 6.07) is 6.90. The predicted octanol–water partition coefficient (Wildman–Crippen LogP) is -1.15. The Morgan fingerprint density at radius 2 is 1.70 bits per heavy atom. The Morgan fingerprint density at radius 3 is 2.41 bits per heavy atom. The van der Waals surface area contributed by atoms with Gasteiger partial charge in [0.2, 0.25) is 29.5 Å². The van der Waals surface area contributed by atoms with Crippen LogP contribution in [-0.4, -0.2) is 123 Å². The highest BCUT2D eigenvalue weighted by Gasteiger charge is 2.40. The van der Waals surface area contributed by atoms with Crippen LogP contribution in [0.5, 0.6) is 0 Å². The lowest BCUT2D eigenvalue weighted by Gasteiger charge is -2.30. The quantitative estimate of drug-likeness (QED) is 0.0266. The molecular weight excluding hydrogens is 795 g/mol. The summed E-state index contributed by atoms with van der Waals surface area (Å²) in [6.45, 7) is 3.52. The summed E-state index contributed by atoms with van der Waals surface area (Å²) in [4.78, 5) is 102. The number of hydrogen-bond acceptors (Lipinski definition) is 13. The highest BCUT2D eigenvalue weighted by atomic mass is 16.7. The van der Waals surface area contributed by atoms with Crippen molar-refractivity contribution in [2.45, 2.75) is 102 Å². The molecule has 0 aliphatic carbocycles. The molecule has 12 N–H and O–H groups in total. The van der Waals surface area contributed by atoms with Crippen LogP contribution in [0.1, 0.15) is 80.3 Å². The van der Waals surface area contributed by atoms with E-state index in [1.54, 1.807) is 47.6 Å². The van der Waals surface area contributed by atoms with Crippen molar-refractivity contribution in [3.05, 3.63) is 69.3 Å². The SMILES string of the molecule is C[C@H](N)C(=O)NCCCC[C@H](NC(=O)[C@@H](N)[C@@H](C)O)C(=O)N1CCC[C@H]1C(=O)N[C@@H](CCCN=C(N)N[N+](=O)[O-])C(=O)Nc1ccc2c(c1)CN1C(=O)c3ccccc3C1=N2. The number of nitrogens with zero attached hydrogens (tertiary/aromatic N) is 5. The molecule has 6 atom stereocenters. The molecule has 6 amide bonds. The van der Waals surface area contributed by atoms with E-state index in [9.17, 15) is 44.0 Å². The molecule has 328 valence electrons. The minimum absolute atomic E-state index is 0.0159. The van der Waals surface area contributed by atoms with Crippen molar-refractivity contribution in [2.75, 3.05) is 25.0 Å². The van der Waals surface area contributed by atoms with Crippen molar-refractivity contribution < 1.29 is 38.9 Å². The van der Waals surface area contributed by atoms with Crippen LogP contribution < -0.4 is 43.9 Å². The number of rotatable bonds is 19. The average molecular weight is 848 g/mol. The van der Waals surface area contributed by atoms with E-state index >= 15 is 0 Å². The van der Waals surface area contributed by atoms with E-state index in [0.717, 1.165) is 5.56 Å². The van der Waals surface area contributed by atoms with Crippen LogP contribution >= 0.6 is 0 Å². The fraction of sp³-hybridized carbons (Fsp3) is 0.487. The molecule has 1 fully saturated rings. The molecule has 3 aliphatic heterocycles. The third kappa shape index (κ3) is 11.6. The molecule has 5 rings (SSSR count). The number of unbranched alkanes of at least 4 members (excludes halogenated alkanes) is 1. The Bertz CT molecular complexity index is 2070. The monoisotopic (exact) mass is 847 g/mol. The highest BCUT2D eigenvalue weighted by Crippen LogP contribution is 2.35. The second kappa shape index (κ2) is 20.6. The highest BCUT2D eigenvalue weighted by molar-refractivity contribution is 6.24. The molecule has 0 saturated carbocycles. The molecule has 0 aromatic heterocycles. The maximum Gasteiger partial charge on any atom is 0.260 e. The minimum Gasteiger partial charge on any atom is -0.391 e. The number of nitrogens with one attached hydrogen (secondary N) is 5. The van der Waals surface area contributed by atoms with Crippen LogP contribution in [0.2, 0.25) is 0 Å². The number of carbonyl (C=O) groups excluding carboxylic acids is 6. The first-order valence-electron chi connectivity index (χ1n) is 20.1. The van der Waals surface area contributed by atoms with Crippen molar-refractivity contribution in [2.24, 2.45) is 27.2 Å². The van der Waals surface area contributed by atoms with E-state index in [0.29, 0.717) is 47.6 Å². The van der Waals surface area contributed by atoms with Crippen LogP contribution in [0.15, 0.2) is 52.4 Å². The Labute approximate surface area is 351 Å². The number of likely N-dealkylation sites (tertiary alicyclic amines) is 1. The fourth-order valence-corrected chi connectivity index (χ4v) is 7.19. The molecule has 0 unspecified atom stereocenters. The summed E-state index contributed by atoms with van der Waals surface area (Å²) in [7, 11) is 0. The molecule has 2 aromatic rings. The number of aliphatic hydroxyl groups is 1. The summed E-state index contributed by atoms with van der Waals surface area (Å²) >= 11 is 0. The fourth-order valence-electron chi connectivity index (χ4n) is 7.19. The molecule has 0 radical (unpaired) electrons. The number of carbonyl (C=O) groups is 6. The lowest BCUT2D eigenvalue weighted by Crippen LogP contribution is -2.58. The van der Waals surface area contributed by atoms with Gasteiger partial charge in [0.05, 0.1) is 29.9 Å². The van der Waals surface area contributed by atoms with Gasteiger partial charge < -0.3 is 48.5 Å². The third-order valence-electron chi connectivity index (χ3n) is 10.5. The normalized spacial score (nSPS) is 18.0. The van der Waals surface area contributed by atoms with Gasteiger partial charge in [-0.05, 0) is 88.6 Å². The van der Waals surface area contributed by atoms with Crippen molar-refractivity contribution in [3.63, 3.8) is 0 Å². The number of anilines is 1. The van der Waals surface area contributed by atoms with Gasteiger partial charge in [-0.25, -0.2) is 20.1 Å². The number of fused-ring (bicyclic) bond motifs is 4. The molecule has 22 heteroatoms. The minimum atomic E-state index is -1.33. The van der Waals surface area contributed by atoms with E-state index in [1.165, 1.54) is 11.8 Å². The topological polar surface area (TPSA) is 335 Å². The van der Waals surface area contributed by atoms with Crippen LogP contribution in [0.4, 0.5) is 11.4 Å². The van der Waals surface area contributed by atoms with Crippen molar-refractivity contribution in [1.29, 1.82) is 0 Å². The standard InChI is InChI=1S/C39H53N13O9/c1-21(40)33(54)43-16-6-5-11-29(48-36(57)31(41)22(2)53)38(59)50-18-8-13-30(50)35(56)47-28(12-7-17-44-39(42)49-52(60)61)34(55)45-24-14-15-27-23(19-24)20-51-32(46-27)25-9-3-4-10-26(25)37(51)58/h3-4,9-10,14-15,19,21-22,28-31,53H,5-8,11-13,16-18,20,40-41H2,1-2H3,(H,43,54)(H,45,55)(H,47,56)(H,48,57)(H3,42,44,49)/t21-,22+,28-,29-,30-,31-/m0/s1. The lowest BCUT2D eigenvalue weighted by molar-refractivity contribution is -0.525. The van der Waals surface area contributed by atoms with E-state index in [-0.39, 0.29) is 63.7 Å². The first kappa shape index (κ1) is 45.6. The Morgan fingerprint density at radius 1 is 0.984 bits per heavy atom. The van der Waals surface area contributed by atoms with Gasteiger partial charge in [0.25, 0.3) is 11.9 Å². The van der Waals surface area contributed by atoms with Crippen molar-refractivity contribution >= 4 is 58.6 Å². The van der Waals surface area contributed by atoms with Gasteiger partial charge in [-0.2, -0.15) is 0 Å². The number of amidine groups is 1. The summed E-state index contributed by atoms with van der Waals surface area (Å²) in [5, 5.41) is 30.7. The van der Waals surface area contributed by atoms with Crippen LogP contribution in [0, 0.1) is 10.1 Å². The Kier molecular flexibility index (Phi) is 15.4. The van der Waals surface area contributed by atoms with Crippen LogP contribution in [0.3, 0.4) is 0 Å². The maximum atomic E-state index is 14.1. The van der Waals surface area contributed by atoms with Gasteiger partial charge in [-0.1, -0.05) is 23.6 Å². The maximum absolute atomic E-state index is 14.1. The van der Waals surface area contributed by atoms with Gasteiger partial charge in [-0.3, -0.25) is 33.7 Å². The average Bonchev–Trinajstić information content (AvgIpc) is 3.82. The number of nitrogens with two attached hydrogens (primary N) is 3. The molecule has 0 bridgehead atoms. The first-order chi connectivity index (χ1) is 29.0. The van der Waals surface area contributed by atoms with Crippen LogP contribution in [-0.2, 0) is 30.5 Å². The number of aliphatic imine (C=N–C) groups is 2. The predicted molar refractivity (Wildman–Crippen MR) is 222 cm³/mol. The summed E-state index contributed by atoms with van der Waals surface area (Å²) < 4.78 is 0. The summed E-state index contributed by atoms with van der Waals surface area (Å²) in [6.07, 6.45) is 0.621. The van der Waals surface area contributed by atoms with Crippen LogP contribution in [0.25, 0.3) is 0 Å². The number of hydrazine groups is 1. The zero-order valence-electron chi connectivity index (χ0n) is 34.0. The number of benzene rings is 2. The Hall–Kier alpha value is -6.52. The number of hydrogen-bond donors (Lipinski definition) is 9. The summed E-state index contributed by atoms with van der Waals surface area (Å²) in [5.41, 5.74) is 21.7. The van der Waals surface area contributed by atoms with Gasteiger partial charge >= 0.3 is 0 Å². The van der Waals surface area contributed by atoms with Gasteiger partial charge in [0.1, 0.15) is 30.0 Å². The number of nitro groups is 1. The van der Waals surface area contributed by atoms with Gasteiger partial charge in [-0.15, -0.1) is 0 Å². The van der Waals surface area contributed by atoms with E-state index in [2.05, 4.69) is 26.3 Å². The zero-order chi connectivity index (χ0) is 44.4. The zero-order valence-corrected chi connectivity index (χ0v) is 34.0. The molecule has 0 spiro atoms. The summed E-state index contributed by atoms with van der Waals surface area (Å²) in [5.74, 6) is -2.99. The second-order valence-electron chi connectivity index (χ2n) is 15.1. The molecule has 22 nitrogen and oxygen atoms in total. The molecular formula is C39H53N13O9. The number of guanidine groups is 1. The molecule has 3 aliphatic rings. The number of aliphatic hydroxyl groups excluding tert-OH is 1. The second-order valence-corrected chi connectivity index (χ2v) is 15.1. The molecule has 2 aromatic carbocycles. The van der Waals surface area contributed by atoms with Crippen molar-refractivity contribution in [3.8, 4) is 0 Å². The van der Waals surface area contributed by atoms with E-state index in [1.807, 2.05) is 12.1 Å². The van der Waals surface area contributed by atoms with Crippen molar-refractivity contribution in [1.82, 2.24) is 31.2 Å². The van der Waals surface area contributed by atoms with E-state index in [4.69, 9.17) is 22.2 Å². The Balaban J connectivity index is 1.30. The largest absolute Gasteiger partial charge is 0.391 e. The lowest BCUT2D eigenvalue weighted by atomic mass is 10.0. The smallest absolute Gasteiger partial charge is 0.260 e. The number of amides is 6.